The quantitative estimate of drug-likeness (QED) is 0.698. The van der Waals surface area contributed by atoms with Crippen LogP contribution in [0.3, 0.4) is 0 Å². The van der Waals surface area contributed by atoms with E-state index in [0.717, 1.165) is 18.9 Å². The Bertz CT molecular complexity index is 1030. The van der Waals surface area contributed by atoms with E-state index in [1.165, 1.54) is 13.3 Å². The third-order valence-electron chi connectivity index (χ3n) is 5.59. The van der Waals surface area contributed by atoms with Gasteiger partial charge in [-0.1, -0.05) is 0 Å². The number of hydrogen-bond donors (Lipinski definition) is 3. The van der Waals surface area contributed by atoms with Gasteiger partial charge in [-0.15, -0.1) is 0 Å². The highest BCUT2D eigenvalue weighted by atomic mass is 19.1. The lowest BCUT2D eigenvalue weighted by Crippen LogP contribution is -2.46. The average Bonchev–Trinajstić information content (AvgIpc) is 3.43. The monoisotopic (exact) mass is 391 g/mol. The number of aliphatic hydroxyl groups is 1. The zero-order valence-corrected chi connectivity index (χ0v) is 15.4. The van der Waals surface area contributed by atoms with Crippen molar-refractivity contribution in [2.75, 3.05) is 31.7 Å². The smallest absolute Gasteiger partial charge is 0.341 e. The molecule has 2 heterocycles. The number of aromatic carboxylic acids is 1. The molecule has 1 saturated carbocycles. The highest BCUT2D eigenvalue weighted by molar-refractivity contribution is 5.97. The summed E-state index contributed by atoms with van der Waals surface area (Å²) in [6.45, 7) is 0.440. The van der Waals surface area contributed by atoms with Gasteiger partial charge in [-0.2, -0.15) is 0 Å². The van der Waals surface area contributed by atoms with E-state index in [4.69, 9.17) is 10.5 Å². The van der Waals surface area contributed by atoms with E-state index < -0.39 is 28.3 Å². The summed E-state index contributed by atoms with van der Waals surface area (Å²) in [4.78, 5) is 25.9. The minimum Gasteiger partial charge on any atom is -0.492 e. The SMILES string of the molecule is COc1c(N2CCC(N)(CO)C2)c(F)cc2c(=O)c(C(=O)O)cn(C3CC3)c12. The lowest BCUT2D eigenvalue weighted by atomic mass is 10.0. The maximum absolute atomic E-state index is 15.1. The summed E-state index contributed by atoms with van der Waals surface area (Å²) in [5.74, 6) is -1.85. The van der Waals surface area contributed by atoms with Crippen molar-refractivity contribution in [1.29, 1.82) is 0 Å². The summed E-state index contributed by atoms with van der Waals surface area (Å²) < 4.78 is 22.4. The molecule has 4 N–H and O–H groups in total. The molecule has 0 spiro atoms. The van der Waals surface area contributed by atoms with E-state index in [1.807, 2.05) is 0 Å². The van der Waals surface area contributed by atoms with E-state index in [1.54, 1.807) is 9.47 Å². The van der Waals surface area contributed by atoms with Crippen LogP contribution in [0.4, 0.5) is 10.1 Å². The minimum absolute atomic E-state index is 0.0229. The van der Waals surface area contributed by atoms with Gasteiger partial charge in [-0.3, -0.25) is 4.79 Å². The normalized spacial score (nSPS) is 22.1. The lowest BCUT2D eigenvalue weighted by Gasteiger charge is -2.26. The molecule has 1 atom stereocenters. The number of fused-ring (bicyclic) bond motifs is 1. The third kappa shape index (κ3) is 2.82. The van der Waals surface area contributed by atoms with Crippen molar-refractivity contribution >= 4 is 22.6 Å². The molecule has 4 rings (SSSR count). The molecule has 8 nitrogen and oxygen atoms in total. The molecule has 0 amide bonds. The Labute approximate surface area is 159 Å². The molecule has 2 fully saturated rings. The van der Waals surface area contributed by atoms with E-state index in [2.05, 4.69) is 0 Å². The van der Waals surface area contributed by atoms with Gasteiger partial charge in [-0.05, 0) is 25.3 Å². The molecule has 1 aliphatic carbocycles. The van der Waals surface area contributed by atoms with Gasteiger partial charge in [0, 0.05) is 25.3 Å². The fourth-order valence-corrected chi connectivity index (χ4v) is 3.94. The largest absolute Gasteiger partial charge is 0.492 e. The molecular formula is C19H22FN3O5. The first-order valence-electron chi connectivity index (χ1n) is 9.13. The standard InChI is InChI=1S/C19H22FN3O5/c1-28-17-14-11(16(25)12(18(26)27)7-23(14)10-2-3-10)6-13(20)15(17)22-5-4-19(21,8-22)9-24/h6-7,10,24H,2-5,8-9,21H2,1H3,(H,26,27). The van der Waals surface area contributed by atoms with Crippen LogP contribution in [-0.4, -0.2) is 53.1 Å². The second-order valence-electron chi connectivity index (χ2n) is 7.64. The van der Waals surface area contributed by atoms with Crippen molar-refractivity contribution in [1.82, 2.24) is 4.57 Å². The fraction of sp³-hybridized carbons (Fsp3) is 0.474. The Morgan fingerprint density at radius 2 is 2.18 bits per heavy atom. The number of ether oxygens (including phenoxy) is 1. The molecule has 2 aromatic rings. The Morgan fingerprint density at radius 3 is 2.71 bits per heavy atom. The molecule has 1 aromatic carbocycles. The van der Waals surface area contributed by atoms with Crippen LogP contribution in [-0.2, 0) is 0 Å². The van der Waals surface area contributed by atoms with Crippen LogP contribution in [0.5, 0.6) is 5.75 Å². The van der Waals surface area contributed by atoms with E-state index in [9.17, 15) is 19.8 Å². The van der Waals surface area contributed by atoms with Crippen LogP contribution in [0, 0.1) is 5.82 Å². The number of halogens is 1. The Kier molecular flexibility index (Phi) is 4.31. The molecule has 28 heavy (non-hydrogen) atoms. The maximum atomic E-state index is 15.1. The molecule has 1 unspecified atom stereocenters. The first-order valence-corrected chi connectivity index (χ1v) is 9.13. The summed E-state index contributed by atoms with van der Waals surface area (Å²) >= 11 is 0. The predicted octanol–water partition coefficient (Wildman–Crippen LogP) is 1.08. The van der Waals surface area contributed by atoms with Gasteiger partial charge in [0.25, 0.3) is 0 Å². The van der Waals surface area contributed by atoms with Gasteiger partial charge in [-0.25, -0.2) is 9.18 Å². The second kappa shape index (κ2) is 6.46. The number of rotatable bonds is 5. The predicted molar refractivity (Wildman–Crippen MR) is 101 cm³/mol. The lowest BCUT2D eigenvalue weighted by molar-refractivity contribution is 0.0695. The van der Waals surface area contributed by atoms with Crippen molar-refractivity contribution < 1.29 is 24.1 Å². The van der Waals surface area contributed by atoms with Crippen LogP contribution < -0.4 is 20.8 Å². The molecule has 150 valence electrons. The van der Waals surface area contributed by atoms with Crippen LogP contribution in [0.25, 0.3) is 10.9 Å². The maximum Gasteiger partial charge on any atom is 0.341 e. The number of carbonyl (C=O) groups is 1. The van der Waals surface area contributed by atoms with Crippen molar-refractivity contribution in [2.45, 2.75) is 30.8 Å². The zero-order valence-electron chi connectivity index (χ0n) is 15.4. The van der Waals surface area contributed by atoms with Gasteiger partial charge in [0.1, 0.15) is 11.3 Å². The number of carboxylic acid groups (broad SMARTS) is 1. The summed E-state index contributed by atoms with van der Waals surface area (Å²) in [6.07, 6.45) is 3.48. The second-order valence-corrected chi connectivity index (χ2v) is 7.64. The van der Waals surface area contributed by atoms with Gasteiger partial charge in [0.15, 0.2) is 11.6 Å². The number of anilines is 1. The van der Waals surface area contributed by atoms with E-state index in [0.29, 0.717) is 18.5 Å². The summed E-state index contributed by atoms with van der Waals surface area (Å²) in [5.41, 5.74) is 4.72. The number of aliphatic hydroxyl groups excluding tert-OH is 1. The van der Waals surface area contributed by atoms with Gasteiger partial charge in [0.2, 0.25) is 5.43 Å². The van der Waals surface area contributed by atoms with Crippen LogP contribution in [0.15, 0.2) is 17.1 Å². The van der Waals surface area contributed by atoms with Crippen molar-refractivity contribution in [2.24, 2.45) is 5.73 Å². The number of nitrogens with two attached hydrogens (primary N) is 1. The zero-order chi connectivity index (χ0) is 20.2. The number of hydrogen-bond acceptors (Lipinski definition) is 6. The van der Waals surface area contributed by atoms with Crippen molar-refractivity contribution in [3.63, 3.8) is 0 Å². The minimum atomic E-state index is -1.35. The molecule has 1 saturated heterocycles. The summed E-state index contributed by atoms with van der Waals surface area (Å²) in [5, 5.41) is 18.9. The Hall–Kier alpha value is -2.65. The van der Waals surface area contributed by atoms with E-state index >= 15 is 4.39 Å². The highest BCUT2D eigenvalue weighted by Gasteiger charge is 2.38. The van der Waals surface area contributed by atoms with Crippen LogP contribution >= 0.6 is 0 Å². The molecule has 2 aliphatic rings. The molecule has 0 bridgehead atoms. The first-order chi connectivity index (χ1) is 13.3. The Morgan fingerprint density at radius 1 is 1.46 bits per heavy atom. The van der Waals surface area contributed by atoms with Crippen LogP contribution in [0.1, 0.15) is 35.7 Å². The molecule has 1 aliphatic heterocycles. The Balaban J connectivity index is 2.00. The topological polar surface area (TPSA) is 118 Å². The molecule has 9 heteroatoms. The highest BCUT2D eigenvalue weighted by Crippen LogP contribution is 2.44. The summed E-state index contributed by atoms with van der Waals surface area (Å²) in [6, 6.07) is 1.12. The third-order valence-corrected chi connectivity index (χ3v) is 5.59. The first kappa shape index (κ1) is 18.7. The molecule has 1 aromatic heterocycles. The molecular weight excluding hydrogens is 369 g/mol. The number of carboxylic acids is 1. The van der Waals surface area contributed by atoms with Crippen molar-refractivity contribution in [3.05, 3.63) is 33.9 Å². The summed E-state index contributed by atoms with van der Waals surface area (Å²) in [7, 11) is 1.39. The number of benzene rings is 1. The number of nitrogens with zero attached hydrogens (tertiary/aromatic N) is 2. The van der Waals surface area contributed by atoms with Gasteiger partial charge < -0.3 is 30.2 Å². The number of aromatic nitrogens is 1. The van der Waals surface area contributed by atoms with E-state index in [-0.39, 0.29) is 36.0 Å². The van der Waals surface area contributed by atoms with Gasteiger partial charge >= 0.3 is 5.97 Å². The number of pyridine rings is 1. The van der Waals surface area contributed by atoms with Crippen LogP contribution in [0.2, 0.25) is 0 Å². The van der Waals surface area contributed by atoms with Gasteiger partial charge in [0.05, 0.1) is 30.2 Å². The van der Waals surface area contributed by atoms with Crippen molar-refractivity contribution in [3.8, 4) is 5.75 Å². The number of methoxy groups -OCH3 is 1. The fourth-order valence-electron chi connectivity index (χ4n) is 3.94. The molecule has 0 radical (unpaired) electrons. The average molecular weight is 391 g/mol.